The standard InChI is InChI=1S/C14H11ClN4S/c15-8-4-3-7-11(12(8)13(16)17)20-14-18-9-5-1-2-6-10(9)19-14/h1-7H,(H3,16,17)(H,18,19). The fraction of sp³-hybridized carbons (Fsp3) is 0. The molecule has 0 saturated carbocycles. The van der Waals surface area contributed by atoms with Crippen molar-refractivity contribution in [3.05, 3.63) is 53.1 Å². The van der Waals surface area contributed by atoms with Crippen LogP contribution in [0.5, 0.6) is 0 Å². The number of nitrogens with two attached hydrogens (primary N) is 1. The molecule has 0 radical (unpaired) electrons. The Labute approximate surface area is 124 Å². The summed E-state index contributed by atoms with van der Waals surface area (Å²) in [5, 5.41) is 8.86. The number of H-pyrrole nitrogens is 1. The highest BCUT2D eigenvalue weighted by atomic mass is 35.5. The summed E-state index contributed by atoms with van der Waals surface area (Å²) in [7, 11) is 0. The maximum Gasteiger partial charge on any atom is 0.171 e. The van der Waals surface area contributed by atoms with Crippen molar-refractivity contribution >= 4 is 40.2 Å². The summed E-state index contributed by atoms with van der Waals surface area (Å²) in [4.78, 5) is 8.53. The Morgan fingerprint density at radius 1 is 1.20 bits per heavy atom. The largest absolute Gasteiger partial charge is 0.384 e. The van der Waals surface area contributed by atoms with Gasteiger partial charge in [0, 0.05) is 10.5 Å². The number of hydrogen-bond acceptors (Lipinski definition) is 3. The van der Waals surface area contributed by atoms with E-state index in [1.165, 1.54) is 11.8 Å². The van der Waals surface area contributed by atoms with E-state index in [9.17, 15) is 0 Å². The van der Waals surface area contributed by atoms with E-state index in [2.05, 4.69) is 9.97 Å². The van der Waals surface area contributed by atoms with Gasteiger partial charge in [-0.1, -0.05) is 41.6 Å². The van der Waals surface area contributed by atoms with Gasteiger partial charge in [-0.2, -0.15) is 0 Å². The molecule has 0 aliphatic carbocycles. The normalized spacial score (nSPS) is 10.8. The van der Waals surface area contributed by atoms with Crippen LogP contribution in [-0.4, -0.2) is 15.8 Å². The van der Waals surface area contributed by atoms with E-state index in [1.54, 1.807) is 6.07 Å². The van der Waals surface area contributed by atoms with Crippen LogP contribution in [0.4, 0.5) is 0 Å². The number of para-hydroxylation sites is 2. The highest BCUT2D eigenvalue weighted by Gasteiger charge is 2.13. The average molecular weight is 303 g/mol. The van der Waals surface area contributed by atoms with Crippen LogP contribution in [0.25, 0.3) is 11.0 Å². The molecule has 2 aromatic carbocycles. The molecule has 0 amide bonds. The minimum atomic E-state index is -0.0470. The van der Waals surface area contributed by atoms with Crippen LogP contribution in [0.3, 0.4) is 0 Å². The quantitative estimate of drug-likeness (QED) is 0.510. The molecule has 3 aromatic rings. The monoisotopic (exact) mass is 302 g/mol. The number of nitrogen functional groups attached to an aromatic ring is 1. The van der Waals surface area contributed by atoms with Gasteiger partial charge in [0.2, 0.25) is 0 Å². The third-order valence-corrected chi connectivity index (χ3v) is 4.08. The highest BCUT2D eigenvalue weighted by Crippen LogP contribution is 2.32. The van der Waals surface area contributed by atoms with Gasteiger partial charge >= 0.3 is 0 Å². The number of rotatable bonds is 3. The van der Waals surface area contributed by atoms with E-state index < -0.39 is 0 Å². The van der Waals surface area contributed by atoms with Crippen LogP contribution in [0, 0.1) is 5.41 Å². The summed E-state index contributed by atoms with van der Waals surface area (Å²) in [6, 6.07) is 13.2. The maximum atomic E-state index is 7.64. The van der Waals surface area contributed by atoms with Gasteiger partial charge in [-0.25, -0.2) is 4.98 Å². The number of aromatic amines is 1. The summed E-state index contributed by atoms with van der Waals surface area (Å²) in [5.41, 5.74) is 8.02. The second-order valence-corrected chi connectivity index (χ2v) is 5.63. The molecule has 4 nitrogen and oxygen atoms in total. The lowest BCUT2D eigenvalue weighted by atomic mass is 10.2. The molecule has 0 bridgehead atoms. The van der Waals surface area contributed by atoms with Gasteiger partial charge in [0.05, 0.1) is 16.1 Å². The van der Waals surface area contributed by atoms with Gasteiger partial charge in [0.1, 0.15) is 5.84 Å². The van der Waals surface area contributed by atoms with E-state index in [1.807, 2.05) is 36.4 Å². The topological polar surface area (TPSA) is 78.6 Å². The zero-order valence-electron chi connectivity index (χ0n) is 10.4. The molecule has 3 rings (SSSR count). The van der Waals surface area contributed by atoms with Crippen LogP contribution < -0.4 is 5.73 Å². The van der Waals surface area contributed by atoms with Gasteiger partial charge < -0.3 is 10.7 Å². The maximum absolute atomic E-state index is 7.64. The Morgan fingerprint density at radius 2 is 2.00 bits per heavy atom. The lowest BCUT2D eigenvalue weighted by Gasteiger charge is -2.07. The molecular formula is C14H11ClN4S. The third-order valence-electron chi connectivity index (χ3n) is 2.82. The van der Waals surface area contributed by atoms with Crippen LogP contribution >= 0.6 is 23.4 Å². The number of aromatic nitrogens is 2. The van der Waals surface area contributed by atoms with Crippen molar-refractivity contribution in [1.29, 1.82) is 5.41 Å². The van der Waals surface area contributed by atoms with E-state index in [0.29, 0.717) is 10.6 Å². The van der Waals surface area contributed by atoms with Gasteiger partial charge in [-0.05, 0) is 24.3 Å². The SMILES string of the molecule is N=C(N)c1c(Cl)cccc1Sc1nc2ccccc2[nH]1. The van der Waals surface area contributed by atoms with Gasteiger partial charge in [0.15, 0.2) is 5.16 Å². The minimum Gasteiger partial charge on any atom is -0.384 e. The molecule has 1 heterocycles. The van der Waals surface area contributed by atoms with Crippen molar-refractivity contribution in [3.8, 4) is 0 Å². The fourth-order valence-electron chi connectivity index (χ4n) is 1.93. The third kappa shape index (κ3) is 2.37. The van der Waals surface area contributed by atoms with Crippen molar-refractivity contribution in [2.24, 2.45) is 5.73 Å². The molecule has 1 aromatic heterocycles. The number of amidine groups is 1. The van der Waals surface area contributed by atoms with Gasteiger partial charge in [-0.3, -0.25) is 5.41 Å². The summed E-state index contributed by atoms with van der Waals surface area (Å²) < 4.78 is 0. The molecule has 6 heteroatoms. The molecule has 4 N–H and O–H groups in total. The number of hydrogen-bond donors (Lipinski definition) is 3. The number of nitrogens with zero attached hydrogens (tertiary/aromatic N) is 1. The zero-order valence-corrected chi connectivity index (χ0v) is 11.9. The van der Waals surface area contributed by atoms with Crippen molar-refractivity contribution in [1.82, 2.24) is 9.97 Å². The Bertz CT molecular complexity index is 764. The van der Waals surface area contributed by atoms with E-state index >= 15 is 0 Å². The number of halogens is 1. The zero-order chi connectivity index (χ0) is 14.1. The molecule has 0 aliphatic rings. The van der Waals surface area contributed by atoms with Crippen molar-refractivity contribution in [2.45, 2.75) is 10.1 Å². The second kappa shape index (κ2) is 5.19. The van der Waals surface area contributed by atoms with E-state index in [0.717, 1.165) is 21.1 Å². The molecule has 0 atom stereocenters. The molecule has 0 spiro atoms. The molecular weight excluding hydrogens is 292 g/mol. The van der Waals surface area contributed by atoms with Gasteiger partial charge in [0.25, 0.3) is 0 Å². The molecule has 0 saturated heterocycles. The predicted octanol–water partition coefficient (Wildman–Crippen LogP) is 3.65. The lowest BCUT2D eigenvalue weighted by molar-refractivity contribution is 1.08. The molecule has 100 valence electrons. The Morgan fingerprint density at radius 3 is 2.75 bits per heavy atom. The molecule has 20 heavy (non-hydrogen) atoms. The average Bonchev–Trinajstić information content (AvgIpc) is 2.80. The van der Waals surface area contributed by atoms with Crippen LogP contribution in [0.15, 0.2) is 52.5 Å². The van der Waals surface area contributed by atoms with Gasteiger partial charge in [-0.15, -0.1) is 0 Å². The summed E-state index contributed by atoms with van der Waals surface area (Å²) in [5.74, 6) is -0.0470. The van der Waals surface area contributed by atoms with Crippen LogP contribution in [-0.2, 0) is 0 Å². The first-order chi connectivity index (χ1) is 9.65. The number of benzene rings is 2. The van der Waals surface area contributed by atoms with Crippen molar-refractivity contribution in [3.63, 3.8) is 0 Å². The van der Waals surface area contributed by atoms with E-state index in [-0.39, 0.29) is 5.84 Å². The number of nitrogens with one attached hydrogen (secondary N) is 2. The Kier molecular flexibility index (Phi) is 3.38. The Balaban J connectivity index is 2.02. The van der Waals surface area contributed by atoms with Crippen molar-refractivity contribution < 1.29 is 0 Å². The van der Waals surface area contributed by atoms with E-state index in [4.69, 9.17) is 22.7 Å². The van der Waals surface area contributed by atoms with Crippen LogP contribution in [0.2, 0.25) is 5.02 Å². The number of imidazole rings is 1. The van der Waals surface area contributed by atoms with Crippen molar-refractivity contribution in [2.75, 3.05) is 0 Å². The van der Waals surface area contributed by atoms with Crippen LogP contribution in [0.1, 0.15) is 5.56 Å². The molecule has 0 unspecified atom stereocenters. The first-order valence-corrected chi connectivity index (χ1v) is 7.10. The Hall–Kier alpha value is -1.98. The summed E-state index contributed by atoms with van der Waals surface area (Å²) in [6.07, 6.45) is 0. The highest BCUT2D eigenvalue weighted by molar-refractivity contribution is 7.99. The fourth-order valence-corrected chi connectivity index (χ4v) is 3.25. The lowest BCUT2D eigenvalue weighted by Crippen LogP contribution is -2.13. The predicted molar refractivity (Wildman–Crippen MR) is 82.7 cm³/mol. The summed E-state index contributed by atoms with van der Waals surface area (Å²) in [6.45, 7) is 0. The minimum absolute atomic E-state index is 0.0470. The number of fused-ring (bicyclic) bond motifs is 1. The summed E-state index contributed by atoms with van der Waals surface area (Å²) >= 11 is 7.52. The molecule has 0 aliphatic heterocycles. The first-order valence-electron chi connectivity index (χ1n) is 5.90. The molecule has 0 fully saturated rings. The smallest absolute Gasteiger partial charge is 0.171 e. The first kappa shape index (κ1) is 13.0. The second-order valence-electron chi connectivity index (χ2n) is 4.19.